The third kappa shape index (κ3) is 6.13. The molecule has 8 heteroatoms. The highest BCUT2D eigenvalue weighted by Gasteiger charge is 2.34. The Morgan fingerprint density at radius 1 is 1.00 bits per heavy atom. The van der Waals surface area contributed by atoms with E-state index >= 15 is 0 Å². The first kappa shape index (κ1) is 23.4. The van der Waals surface area contributed by atoms with Gasteiger partial charge in [-0.15, -0.1) is 0 Å². The van der Waals surface area contributed by atoms with E-state index in [2.05, 4.69) is 17.1 Å². The normalized spacial score (nSPS) is 19.3. The molecule has 0 radical (unpaired) electrons. The minimum absolute atomic E-state index is 0.0369. The zero-order valence-corrected chi connectivity index (χ0v) is 18.3. The smallest absolute Gasteiger partial charge is 0.162 e. The zero-order valence-electron chi connectivity index (χ0n) is 17.5. The van der Waals surface area contributed by atoms with Crippen molar-refractivity contribution >= 4 is 15.7 Å². The van der Waals surface area contributed by atoms with Gasteiger partial charge in [-0.05, 0) is 30.7 Å². The number of ether oxygens (including phenoxy) is 1. The second-order valence-electron chi connectivity index (χ2n) is 7.29. The van der Waals surface area contributed by atoms with E-state index in [1.54, 1.807) is 0 Å². The Hall–Kier alpha value is -3.26. The van der Waals surface area contributed by atoms with Crippen LogP contribution in [-0.4, -0.2) is 25.3 Å². The molecular formula is C24H24F2N2O3S. The Kier molecular flexibility index (Phi) is 7.58. The summed E-state index contributed by atoms with van der Waals surface area (Å²) in [5, 5.41) is -0.864. The van der Waals surface area contributed by atoms with Crippen molar-refractivity contribution in [2.45, 2.75) is 24.8 Å². The Labute approximate surface area is 186 Å². The highest BCUT2D eigenvalue weighted by molar-refractivity contribution is 7.92. The molecule has 32 heavy (non-hydrogen) atoms. The van der Waals surface area contributed by atoms with Crippen LogP contribution in [0.3, 0.4) is 0 Å². The van der Waals surface area contributed by atoms with E-state index < -0.39 is 32.8 Å². The van der Waals surface area contributed by atoms with Crippen LogP contribution in [0, 0.1) is 11.6 Å². The maximum atomic E-state index is 13.6. The predicted molar refractivity (Wildman–Crippen MR) is 121 cm³/mol. The molecule has 0 spiro atoms. The molecule has 0 saturated heterocycles. The lowest BCUT2D eigenvalue weighted by Gasteiger charge is -2.24. The molecule has 0 saturated carbocycles. The SMILES string of the molecule is CC1C(N)=NC(c2ccc(F)cc2F)CS1(=O)=O.c1ccc(COc2ccccc2)cc1. The van der Waals surface area contributed by atoms with Crippen LogP contribution in [0.2, 0.25) is 0 Å². The Balaban J connectivity index is 0.000000186. The Bertz CT molecular complexity index is 1130. The van der Waals surface area contributed by atoms with Crippen LogP contribution >= 0.6 is 0 Å². The fourth-order valence-corrected chi connectivity index (χ4v) is 4.47. The van der Waals surface area contributed by atoms with Crippen LogP contribution in [0.25, 0.3) is 0 Å². The predicted octanol–water partition coefficient (Wildman–Crippen LogP) is 4.45. The number of sulfone groups is 1. The molecule has 0 amide bonds. The summed E-state index contributed by atoms with van der Waals surface area (Å²) in [5.74, 6) is -0.995. The van der Waals surface area contributed by atoms with Crippen molar-refractivity contribution < 1.29 is 21.9 Å². The summed E-state index contributed by atoms with van der Waals surface area (Å²) in [6.45, 7) is 2.07. The minimum Gasteiger partial charge on any atom is -0.489 e. The second-order valence-corrected chi connectivity index (χ2v) is 9.66. The van der Waals surface area contributed by atoms with Gasteiger partial charge in [-0.3, -0.25) is 4.99 Å². The van der Waals surface area contributed by atoms with Crippen molar-refractivity contribution in [2.24, 2.45) is 10.7 Å². The van der Waals surface area contributed by atoms with Crippen LogP contribution in [0.5, 0.6) is 5.75 Å². The standard InChI is InChI=1S/C13H12O.C11H12F2N2O2S/c1-3-7-12(8-4-1)11-14-13-9-5-2-6-10-13;1-6-11(14)15-10(5-18(6,16)17)8-3-2-7(12)4-9(8)13/h1-10H,11H2;2-4,6,10H,5H2,1H3,(H2,14,15). The lowest BCUT2D eigenvalue weighted by molar-refractivity contribution is 0.306. The monoisotopic (exact) mass is 458 g/mol. The van der Waals surface area contributed by atoms with E-state index in [9.17, 15) is 17.2 Å². The van der Waals surface area contributed by atoms with Gasteiger partial charge in [-0.1, -0.05) is 54.6 Å². The molecule has 1 aliphatic heterocycles. The number of hydrogen-bond donors (Lipinski definition) is 1. The van der Waals surface area contributed by atoms with Crippen molar-refractivity contribution in [1.82, 2.24) is 0 Å². The number of nitrogens with two attached hydrogens (primary N) is 1. The molecule has 1 aliphatic rings. The average molecular weight is 459 g/mol. The van der Waals surface area contributed by atoms with Gasteiger partial charge in [0.15, 0.2) is 9.84 Å². The van der Waals surface area contributed by atoms with E-state index in [0.29, 0.717) is 12.7 Å². The van der Waals surface area contributed by atoms with E-state index in [1.807, 2.05) is 48.5 Å². The fraction of sp³-hybridized carbons (Fsp3) is 0.208. The van der Waals surface area contributed by atoms with Crippen LogP contribution in [0.1, 0.15) is 24.1 Å². The van der Waals surface area contributed by atoms with Crippen molar-refractivity contribution in [3.8, 4) is 5.75 Å². The Morgan fingerprint density at radius 2 is 1.62 bits per heavy atom. The van der Waals surface area contributed by atoms with E-state index in [4.69, 9.17) is 10.5 Å². The van der Waals surface area contributed by atoms with Gasteiger partial charge in [0.1, 0.15) is 35.1 Å². The molecule has 2 atom stereocenters. The lowest BCUT2D eigenvalue weighted by atomic mass is 10.1. The number of aliphatic imine (C=N–C) groups is 1. The summed E-state index contributed by atoms with van der Waals surface area (Å²) in [7, 11) is -3.45. The molecule has 2 unspecified atom stereocenters. The lowest BCUT2D eigenvalue weighted by Crippen LogP contribution is -2.40. The molecule has 0 aromatic heterocycles. The van der Waals surface area contributed by atoms with Gasteiger partial charge in [0.25, 0.3) is 0 Å². The van der Waals surface area contributed by atoms with E-state index in [1.165, 1.54) is 18.6 Å². The quantitative estimate of drug-likeness (QED) is 0.627. The summed E-state index contributed by atoms with van der Waals surface area (Å²) in [6, 6.07) is 22.1. The highest BCUT2D eigenvalue weighted by Crippen LogP contribution is 2.28. The number of nitrogens with zero attached hydrogens (tertiary/aromatic N) is 1. The van der Waals surface area contributed by atoms with Gasteiger partial charge in [-0.25, -0.2) is 17.2 Å². The number of benzene rings is 3. The van der Waals surface area contributed by atoms with Gasteiger partial charge in [0.2, 0.25) is 0 Å². The summed E-state index contributed by atoms with van der Waals surface area (Å²) in [6.07, 6.45) is 0. The second kappa shape index (κ2) is 10.4. The maximum Gasteiger partial charge on any atom is 0.162 e. The average Bonchev–Trinajstić information content (AvgIpc) is 2.77. The zero-order chi connectivity index (χ0) is 23.1. The fourth-order valence-electron chi connectivity index (χ4n) is 3.06. The molecule has 0 fully saturated rings. The molecule has 168 valence electrons. The molecule has 3 aromatic carbocycles. The molecule has 3 aromatic rings. The number of rotatable bonds is 4. The van der Waals surface area contributed by atoms with Gasteiger partial charge in [0.05, 0.1) is 11.8 Å². The number of hydrogen-bond acceptors (Lipinski definition) is 5. The molecular weight excluding hydrogens is 434 g/mol. The first-order valence-electron chi connectivity index (χ1n) is 9.97. The molecule has 5 nitrogen and oxygen atoms in total. The van der Waals surface area contributed by atoms with Gasteiger partial charge in [0, 0.05) is 11.6 Å². The molecule has 4 rings (SSSR count). The van der Waals surface area contributed by atoms with Crippen molar-refractivity contribution in [3.05, 3.63) is 102 Å². The van der Waals surface area contributed by atoms with Crippen LogP contribution in [0.15, 0.2) is 83.9 Å². The highest BCUT2D eigenvalue weighted by atomic mass is 32.2. The van der Waals surface area contributed by atoms with Crippen molar-refractivity contribution in [2.75, 3.05) is 5.75 Å². The molecule has 0 bridgehead atoms. The summed E-state index contributed by atoms with van der Waals surface area (Å²) in [4.78, 5) is 3.97. The minimum atomic E-state index is -3.45. The largest absolute Gasteiger partial charge is 0.489 e. The van der Waals surface area contributed by atoms with Crippen LogP contribution < -0.4 is 10.5 Å². The maximum absolute atomic E-state index is 13.6. The van der Waals surface area contributed by atoms with Crippen LogP contribution in [-0.2, 0) is 16.4 Å². The van der Waals surface area contributed by atoms with Gasteiger partial charge in [-0.2, -0.15) is 0 Å². The van der Waals surface area contributed by atoms with Crippen molar-refractivity contribution in [3.63, 3.8) is 0 Å². The third-order valence-corrected chi connectivity index (χ3v) is 7.06. The van der Waals surface area contributed by atoms with Gasteiger partial charge >= 0.3 is 0 Å². The third-order valence-electron chi connectivity index (χ3n) is 4.96. The molecule has 2 N–H and O–H groups in total. The van der Waals surface area contributed by atoms with Crippen molar-refractivity contribution in [1.29, 1.82) is 0 Å². The topological polar surface area (TPSA) is 81.8 Å². The summed E-state index contributed by atoms with van der Waals surface area (Å²) < 4.78 is 55.5. The Morgan fingerprint density at radius 3 is 2.22 bits per heavy atom. The first-order valence-corrected chi connectivity index (χ1v) is 11.7. The number of amidine groups is 1. The van der Waals surface area contributed by atoms with Gasteiger partial charge < -0.3 is 10.5 Å². The molecule has 0 aliphatic carbocycles. The molecule has 1 heterocycles. The first-order chi connectivity index (χ1) is 15.3. The van der Waals surface area contributed by atoms with Crippen LogP contribution in [0.4, 0.5) is 8.78 Å². The number of halogens is 2. The summed E-state index contributed by atoms with van der Waals surface area (Å²) >= 11 is 0. The number of para-hydroxylation sites is 1. The van der Waals surface area contributed by atoms with E-state index in [-0.39, 0.29) is 17.2 Å². The summed E-state index contributed by atoms with van der Waals surface area (Å²) in [5.41, 5.74) is 6.76. The van der Waals surface area contributed by atoms with E-state index in [0.717, 1.165) is 11.8 Å².